The standard InChI is InChI=1S/C20H24N6O/c1-4-15-6-8-16(9-7-15)19-14(3)10-22-20(25-19)24-17-11-23-26(12-17)13-18(27)21-5-2/h6-12H,4-5,13H2,1-3H3,(H,21,27)(H,22,24,25). The molecule has 0 aliphatic carbocycles. The molecule has 2 aromatic heterocycles. The molecule has 0 unspecified atom stereocenters. The minimum atomic E-state index is -0.0726. The van der Waals surface area contributed by atoms with Crippen LogP contribution in [0.15, 0.2) is 42.9 Å². The Morgan fingerprint density at radius 1 is 1.15 bits per heavy atom. The Labute approximate surface area is 158 Å². The molecule has 1 amide bonds. The number of hydrogen-bond donors (Lipinski definition) is 2. The number of nitrogens with one attached hydrogen (secondary N) is 2. The van der Waals surface area contributed by atoms with Crippen LogP contribution in [0.3, 0.4) is 0 Å². The number of benzene rings is 1. The zero-order valence-electron chi connectivity index (χ0n) is 15.9. The molecule has 0 radical (unpaired) electrons. The van der Waals surface area contributed by atoms with Gasteiger partial charge in [-0.2, -0.15) is 5.10 Å². The van der Waals surface area contributed by atoms with Gasteiger partial charge in [0.05, 0.1) is 17.6 Å². The van der Waals surface area contributed by atoms with Crippen molar-refractivity contribution in [1.29, 1.82) is 0 Å². The zero-order valence-corrected chi connectivity index (χ0v) is 15.9. The van der Waals surface area contributed by atoms with Crippen LogP contribution in [0, 0.1) is 6.92 Å². The third kappa shape index (κ3) is 4.69. The first-order valence-electron chi connectivity index (χ1n) is 9.08. The van der Waals surface area contributed by atoms with Crippen LogP contribution in [0.4, 0.5) is 11.6 Å². The largest absolute Gasteiger partial charge is 0.355 e. The van der Waals surface area contributed by atoms with Crippen molar-refractivity contribution in [3.05, 3.63) is 54.0 Å². The number of likely N-dealkylation sites (N-methyl/N-ethyl adjacent to an activating group) is 1. The maximum Gasteiger partial charge on any atom is 0.241 e. The molecule has 3 rings (SSSR count). The van der Waals surface area contributed by atoms with Gasteiger partial charge in [-0.25, -0.2) is 9.97 Å². The average Bonchev–Trinajstić information content (AvgIpc) is 3.10. The molecule has 3 aromatic rings. The summed E-state index contributed by atoms with van der Waals surface area (Å²) in [4.78, 5) is 20.7. The maximum atomic E-state index is 11.6. The van der Waals surface area contributed by atoms with Crippen molar-refractivity contribution in [2.45, 2.75) is 33.7 Å². The summed E-state index contributed by atoms with van der Waals surface area (Å²) in [6.45, 7) is 6.80. The van der Waals surface area contributed by atoms with Crippen LogP contribution in [0.1, 0.15) is 25.0 Å². The molecule has 2 N–H and O–H groups in total. The first-order chi connectivity index (χ1) is 13.1. The first-order valence-corrected chi connectivity index (χ1v) is 9.08. The highest BCUT2D eigenvalue weighted by atomic mass is 16.2. The fraction of sp³-hybridized carbons (Fsp3) is 0.300. The quantitative estimate of drug-likeness (QED) is 0.673. The number of carbonyl (C=O) groups excluding carboxylic acids is 1. The molecule has 0 fully saturated rings. The molecule has 2 heterocycles. The Balaban J connectivity index is 1.76. The lowest BCUT2D eigenvalue weighted by molar-refractivity contribution is -0.121. The summed E-state index contributed by atoms with van der Waals surface area (Å²) in [5, 5.41) is 10.1. The molecule has 140 valence electrons. The van der Waals surface area contributed by atoms with Gasteiger partial charge in [0.25, 0.3) is 0 Å². The molecule has 1 aromatic carbocycles. The SMILES string of the molecule is CCNC(=O)Cn1cc(Nc2ncc(C)c(-c3ccc(CC)cc3)n2)cn1. The third-order valence-corrected chi connectivity index (χ3v) is 4.18. The van der Waals surface area contributed by atoms with Crippen molar-refractivity contribution < 1.29 is 4.79 Å². The van der Waals surface area contributed by atoms with Crippen LogP contribution >= 0.6 is 0 Å². The monoisotopic (exact) mass is 364 g/mol. The van der Waals surface area contributed by atoms with Gasteiger partial charge in [-0.15, -0.1) is 0 Å². The second kappa shape index (κ2) is 8.44. The number of anilines is 2. The second-order valence-electron chi connectivity index (χ2n) is 6.28. The van der Waals surface area contributed by atoms with E-state index < -0.39 is 0 Å². The predicted octanol–water partition coefficient (Wildman–Crippen LogP) is 3.09. The Hall–Kier alpha value is -3.22. The highest BCUT2D eigenvalue weighted by molar-refractivity contribution is 5.75. The number of nitrogens with zero attached hydrogens (tertiary/aromatic N) is 4. The summed E-state index contributed by atoms with van der Waals surface area (Å²) < 4.78 is 1.58. The molecular formula is C20H24N6O. The lowest BCUT2D eigenvalue weighted by Gasteiger charge is -2.09. The summed E-state index contributed by atoms with van der Waals surface area (Å²) in [5.74, 6) is 0.421. The van der Waals surface area contributed by atoms with E-state index in [1.165, 1.54) is 5.56 Å². The lowest BCUT2D eigenvalue weighted by Crippen LogP contribution is -2.27. The van der Waals surface area contributed by atoms with Gasteiger partial charge in [-0.1, -0.05) is 31.2 Å². The van der Waals surface area contributed by atoms with Crippen LogP contribution in [0.2, 0.25) is 0 Å². The highest BCUT2D eigenvalue weighted by Crippen LogP contribution is 2.23. The molecule has 7 nitrogen and oxygen atoms in total. The van der Waals surface area contributed by atoms with Crippen molar-refractivity contribution >= 4 is 17.5 Å². The second-order valence-corrected chi connectivity index (χ2v) is 6.28. The molecule has 0 saturated heterocycles. The van der Waals surface area contributed by atoms with Crippen LogP contribution in [0.25, 0.3) is 11.3 Å². The molecule has 7 heteroatoms. The highest BCUT2D eigenvalue weighted by Gasteiger charge is 2.09. The number of amides is 1. The zero-order chi connectivity index (χ0) is 19.2. The summed E-state index contributed by atoms with van der Waals surface area (Å²) in [6, 6.07) is 8.41. The van der Waals surface area contributed by atoms with Gasteiger partial charge < -0.3 is 10.6 Å². The fourth-order valence-electron chi connectivity index (χ4n) is 2.74. The molecule has 0 aliphatic heterocycles. The normalized spacial score (nSPS) is 10.6. The lowest BCUT2D eigenvalue weighted by atomic mass is 10.1. The van der Waals surface area contributed by atoms with E-state index in [0.29, 0.717) is 12.5 Å². The van der Waals surface area contributed by atoms with E-state index in [1.807, 2.05) is 13.8 Å². The predicted molar refractivity (Wildman–Crippen MR) is 106 cm³/mol. The van der Waals surface area contributed by atoms with Gasteiger partial charge in [0.15, 0.2) is 0 Å². The number of hydrogen-bond acceptors (Lipinski definition) is 5. The Morgan fingerprint density at radius 2 is 1.93 bits per heavy atom. The smallest absolute Gasteiger partial charge is 0.241 e. The summed E-state index contributed by atoms with van der Waals surface area (Å²) >= 11 is 0. The van der Waals surface area contributed by atoms with E-state index in [4.69, 9.17) is 0 Å². The number of rotatable bonds is 7. The Kier molecular flexibility index (Phi) is 5.80. The van der Waals surface area contributed by atoms with Gasteiger partial charge in [0.2, 0.25) is 11.9 Å². The minimum Gasteiger partial charge on any atom is -0.355 e. The first kappa shape index (κ1) is 18.6. The van der Waals surface area contributed by atoms with Crippen LogP contribution in [-0.4, -0.2) is 32.2 Å². The van der Waals surface area contributed by atoms with E-state index in [9.17, 15) is 4.79 Å². The van der Waals surface area contributed by atoms with Gasteiger partial charge in [0, 0.05) is 24.5 Å². The molecule has 0 bridgehead atoms. The van der Waals surface area contributed by atoms with Gasteiger partial charge >= 0.3 is 0 Å². The van der Waals surface area contributed by atoms with E-state index in [0.717, 1.165) is 28.9 Å². The molecular weight excluding hydrogens is 340 g/mol. The van der Waals surface area contributed by atoms with Crippen molar-refractivity contribution in [1.82, 2.24) is 25.1 Å². The van der Waals surface area contributed by atoms with E-state index in [2.05, 4.69) is 56.9 Å². The molecule has 0 atom stereocenters. The summed E-state index contributed by atoms with van der Waals surface area (Å²) in [6.07, 6.45) is 6.22. The summed E-state index contributed by atoms with van der Waals surface area (Å²) in [7, 11) is 0. The van der Waals surface area contributed by atoms with Gasteiger partial charge in [0.1, 0.15) is 6.54 Å². The van der Waals surface area contributed by atoms with Crippen molar-refractivity contribution in [2.24, 2.45) is 0 Å². The number of aryl methyl sites for hydroxylation is 2. The number of aromatic nitrogens is 4. The van der Waals surface area contributed by atoms with Gasteiger partial charge in [-0.3, -0.25) is 9.48 Å². The Bertz CT molecular complexity index is 916. The minimum absolute atomic E-state index is 0.0726. The van der Waals surface area contributed by atoms with Gasteiger partial charge in [-0.05, 0) is 31.4 Å². The molecule has 0 saturated carbocycles. The summed E-state index contributed by atoms with van der Waals surface area (Å²) in [5.41, 5.74) is 4.99. The number of carbonyl (C=O) groups is 1. The average molecular weight is 364 g/mol. The van der Waals surface area contributed by atoms with Crippen LogP contribution in [0.5, 0.6) is 0 Å². The van der Waals surface area contributed by atoms with Crippen LogP contribution in [-0.2, 0) is 17.8 Å². The van der Waals surface area contributed by atoms with Crippen molar-refractivity contribution in [3.63, 3.8) is 0 Å². The molecule has 27 heavy (non-hydrogen) atoms. The van der Waals surface area contributed by atoms with E-state index in [-0.39, 0.29) is 12.5 Å². The topological polar surface area (TPSA) is 84.7 Å². The van der Waals surface area contributed by atoms with Crippen molar-refractivity contribution in [2.75, 3.05) is 11.9 Å². The molecule has 0 spiro atoms. The fourth-order valence-corrected chi connectivity index (χ4v) is 2.74. The van der Waals surface area contributed by atoms with Crippen molar-refractivity contribution in [3.8, 4) is 11.3 Å². The Morgan fingerprint density at radius 3 is 2.63 bits per heavy atom. The van der Waals surface area contributed by atoms with E-state index in [1.54, 1.807) is 23.3 Å². The molecule has 0 aliphatic rings. The third-order valence-electron chi connectivity index (χ3n) is 4.18. The maximum absolute atomic E-state index is 11.6. The van der Waals surface area contributed by atoms with Crippen LogP contribution < -0.4 is 10.6 Å². The van der Waals surface area contributed by atoms with E-state index >= 15 is 0 Å².